The number of nitrogens with one attached hydrogen (secondary N) is 1. The molecule has 7 nitrogen and oxygen atoms in total. The monoisotopic (exact) mass is 413 g/mol. The number of hydrogen-bond acceptors (Lipinski definition) is 6. The first kappa shape index (κ1) is 24.0. The second-order valence-corrected chi connectivity index (χ2v) is 5.94. The summed E-state index contributed by atoms with van der Waals surface area (Å²) in [6.07, 6.45) is -1.01. The fourth-order valence-corrected chi connectivity index (χ4v) is 2.38. The molecular formula is C19H17ClNNaO6. The van der Waals surface area contributed by atoms with Crippen LogP contribution in [0.15, 0.2) is 54.6 Å². The maximum absolute atomic E-state index is 11.9. The number of amides is 1. The fourth-order valence-electron chi connectivity index (χ4n) is 2.26. The van der Waals surface area contributed by atoms with Crippen LogP contribution >= 0.6 is 11.6 Å². The summed E-state index contributed by atoms with van der Waals surface area (Å²) in [6.45, 7) is -0.576. The van der Waals surface area contributed by atoms with E-state index in [2.05, 4.69) is 5.32 Å². The van der Waals surface area contributed by atoms with Gasteiger partial charge in [-0.15, -0.1) is 0 Å². The molecule has 1 amide bonds. The van der Waals surface area contributed by atoms with Gasteiger partial charge in [0.2, 0.25) is 6.79 Å². The Labute approximate surface area is 189 Å². The van der Waals surface area contributed by atoms with Crippen LogP contribution in [0.5, 0.6) is 0 Å². The molecule has 1 N–H and O–H groups in total. The number of alkyl carbamates (subject to hydrolysis) is 1. The Hall–Kier alpha value is -2.06. The predicted octanol–water partition coefficient (Wildman–Crippen LogP) is -0.544. The molecule has 0 aromatic heterocycles. The van der Waals surface area contributed by atoms with Gasteiger partial charge in [-0.05, 0) is 42.7 Å². The van der Waals surface area contributed by atoms with Gasteiger partial charge in [-0.1, -0.05) is 41.9 Å². The second kappa shape index (κ2) is 12.4. The summed E-state index contributed by atoms with van der Waals surface area (Å²) in [5.41, 5.74) is 0.980. The third kappa shape index (κ3) is 8.31. The maximum atomic E-state index is 11.9. The van der Waals surface area contributed by atoms with Crippen LogP contribution in [0.25, 0.3) is 0 Å². The van der Waals surface area contributed by atoms with Crippen LogP contribution in [0.1, 0.15) is 34.8 Å². The van der Waals surface area contributed by atoms with Crippen LogP contribution in [0.3, 0.4) is 0 Å². The number of carboxylic acid groups (broad SMARTS) is 1. The van der Waals surface area contributed by atoms with E-state index in [0.717, 1.165) is 0 Å². The molecule has 142 valence electrons. The van der Waals surface area contributed by atoms with Crippen molar-refractivity contribution in [2.45, 2.75) is 18.9 Å². The van der Waals surface area contributed by atoms with Gasteiger partial charge in [0.05, 0.1) is 11.6 Å². The summed E-state index contributed by atoms with van der Waals surface area (Å²) in [6, 6.07) is 14.2. The molecule has 0 aliphatic heterocycles. The normalized spacial score (nSPS) is 10.9. The number of rotatable bonds is 8. The molecule has 1 atom stereocenters. The molecule has 0 saturated carbocycles. The Morgan fingerprint density at radius 1 is 1.00 bits per heavy atom. The molecule has 0 fully saturated rings. The zero-order valence-electron chi connectivity index (χ0n) is 15.2. The SMILES string of the molecule is O=C([O-])CCC(NC(=O)OCOC(=O)c1ccccc1)c1ccc(Cl)cc1.[Na+]. The number of carbonyl (C=O) groups is 3. The van der Waals surface area contributed by atoms with E-state index in [1.807, 2.05) is 0 Å². The topological polar surface area (TPSA) is 105 Å². The van der Waals surface area contributed by atoms with Crippen molar-refractivity contribution in [2.75, 3.05) is 6.79 Å². The van der Waals surface area contributed by atoms with Crippen LogP contribution in [0.2, 0.25) is 5.02 Å². The number of esters is 1. The van der Waals surface area contributed by atoms with E-state index in [9.17, 15) is 19.5 Å². The summed E-state index contributed by atoms with van der Waals surface area (Å²) in [5, 5.41) is 13.8. The van der Waals surface area contributed by atoms with E-state index in [4.69, 9.17) is 21.1 Å². The molecule has 0 heterocycles. The van der Waals surface area contributed by atoms with Gasteiger partial charge in [-0.25, -0.2) is 9.59 Å². The van der Waals surface area contributed by atoms with Crippen LogP contribution in [-0.2, 0) is 14.3 Å². The van der Waals surface area contributed by atoms with Crippen molar-refractivity contribution in [1.82, 2.24) is 5.32 Å². The average molecular weight is 414 g/mol. The predicted molar refractivity (Wildman–Crippen MR) is 94.8 cm³/mol. The minimum absolute atomic E-state index is 0. The first-order chi connectivity index (χ1) is 13.0. The summed E-state index contributed by atoms with van der Waals surface area (Å²) in [5.74, 6) is -1.87. The summed E-state index contributed by atoms with van der Waals surface area (Å²) in [4.78, 5) is 34.4. The van der Waals surface area contributed by atoms with Gasteiger partial charge >= 0.3 is 41.6 Å². The molecule has 2 aromatic carbocycles. The minimum atomic E-state index is -1.24. The molecular weight excluding hydrogens is 397 g/mol. The number of benzene rings is 2. The Morgan fingerprint density at radius 2 is 1.64 bits per heavy atom. The van der Waals surface area contributed by atoms with Gasteiger partial charge in [0.25, 0.3) is 0 Å². The molecule has 1 unspecified atom stereocenters. The fraction of sp³-hybridized carbons (Fsp3) is 0.211. The van der Waals surface area contributed by atoms with Crippen molar-refractivity contribution in [1.29, 1.82) is 0 Å². The molecule has 0 aliphatic carbocycles. The third-order valence-corrected chi connectivity index (χ3v) is 3.84. The number of halogens is 1. The minimum Gasteiger partial charge on any atom is -0.550 e. The number of aliphatic carboxylic acids is 1. The number of carboxylic acids is 1. The van der Waals surface area contributed by atoms with E-state index in [-0.39, 0.29) is 42.4 Å². The van der Waals surface area contributed by atoms with Crippen LogP contribution in [-0.4, -0.2) is 24.8 Å². The Balaban J connectivity index is 0.00000392. The zero-order chi connectivity index (χ0) is 19.6. The third-order valence-electron chi connectivity index (χ3n) is 3.59. The molecule has 2 aromatic rings. The molecule has 28 heavy (non-hydrogen) atoms. The van der Waals surface area contributed by atoms with E-state index < -0.39 is 30.9 Å². The van der Waals surface area contributed by atoms with Gasteiger partial charge in [0.15, 0.2) is 0 Å². The van der Waals surface area contributed by atoms with E-state index in [1.54, 1.807) is 54.6 Å². The molecule has 0 radical (unpaired) electrons. The van der Waals surface area contributed by atoms with E-state index in [0.29, 0.717) is 16.1 Å². The van der Waals surface area contributed by atoms with Crippen LogP contribution in [0, 0.1) is 0 Å². The molecule has 0 bridgehead atoms. The summed E-state index contributed by atoms with van der Waals surface area (Å²) in [7, 11) is 0. The Kier molecular flexibility index (Phi) is 10.6. The first-order valence-electron chi connectivity index (χ1n) is 8.06. The Morgan fingerprint density at radius 3 is 2.25 bits per heavy atom. The summed E-state index contributed by atoms with van der Waals surface area (Å²) >= 11 is 5.83. The molecule has 9 heteroatoms. The second-order valence-electron chi connectivity index (χ2n) is 5.51. The summed E-state index contributed by atoms with van der Waals surface area (Å²) < 4.78 is 9.69. The molecule has 0 saturated heterocycles. The standard InChI is InChI=1S/C19H18ClNO6.Na/c20-15-8-6-13(7-9-15)16(10-11-17(22)23)21-19(25)27-12-26-18(24)14-4-2-1-3-5-14;/h1-9,16H,10-12H2,(H,21,25)(H,22,23);/q;+1/p-1. The van der Waals surface area contributed by atoms with Gasteiger partial charge in [-0.3, -0.25) is 0 Å². The van der Waals surface area contributed by atoms with Gasteiger partial charge in [0, 0.05) is 11.0 Å². The number of hydrogen-bond donors (Lipinski definition) is 1. The van der Waals surface area contributed by atoms with Crippen molar-refractivity contribution < 1.29 is 58.5 Å². The number of ether oxygens (including phenoxy) is 2. The van der Waals surface area contributed by atoms with Gasteiger partial charge in [-0.2, -0.15) is 0 Å². The number of carbonyl (C=O) groups excluding carboxylic acids is 3. The molecule has 0 aliphatic rings. The van der Waals surface area contributed by atoms with Gasteiger partial charge < -0.3 is 24.7 Å². The molecule has 0 spiro atoms. The van der Waals surface area contributed by atoms with Crippen molar-refractivity contribution in [3.8, 4) is 0 Å². The van der Waals surface area contributed by atoms with Crippen LogP contribution < -0.4 is 40.0 Å². The zero-order valence-corrected chi connectivity index (χ0v) is 18.0. The maximum Gasteiger partial charge on any atom is 1.00 e. The largest absolute Gasteiger partial charge is 1.00 e. The average Bonchev–Trinajstić information content (AvgIpc) is 2.66. The van der Waals surface area contributed by atoms with E-state index >= 15 is 0 Å². The smallest absolute Gasteiger partial charge is 0.550 e. The quantitative estimate of drug-likeness (QED) is 0.354. The van der Waals surface area contributed by atoms with Crippen molar-refractivity contribution in [3.63, 3.8) is 0 Å². The molecule has 2 rings (SSSR count). The van der Waals surface area contributed by atoms with Crippen LogP contribution in [0.4, 0.5) is 4.79 Å². The van der Waals surface area contributed by atoms with Crippen molar-refractivity contribution >= 4 is 29.6 Å². The van der Waals surface area contributed by atoms with Crippen molar-refractivity contribution in [3.05, 3.63) is 70.7 Å². The van der Waals surface area contributed by atoms with Gasteiger partial charge in [0.1, 0.15) is 0 Å². The Bertz CT molecular complexity index is 785. The van der Waals surface area contributed by atoms with Crippen molar-refractivity contribution in [2.24, 2.45) is 0 Å². The van der Waals surface area contributed by atoms with E-state index in [1.165, 1.54) is 0 Å². The first-order valence-corrected chi connectivity index (χ1v) is 8.44.